The first kappa shape index (κ1) is 22.6. The fourth-order valence-corrected chi connectivity index (χ4v) is 2.02. The van der Waals surface area contributed by atoms with Gasteiger partial charge >= 0.3 is 5.97 Å². The molecule has 0 aromatic carbocycles. The Kier molecular flexibility index (Phi) is 14.2. The summed E-state index contributed by atoms with van der Waals surface area (Å²) in [5.41, 5.74) is 0. The van der Waals surface area contributed by atoms with Crippen LogP contribution < -0.4 is 0 Å². The molecule has 0 spiro atoms. The van der Waals surface area contributed by atoms with Gasteiger partial charge in [-0.05, 0) is 19.2 Å². The van der Waals surface area contributed by atoms with Gasteiger partial charge in [-0.1, -0.05) is 20.4 Å². The van der Waals surface area contributed by atoms with Gasteiger partial charge in [-0.25, -0.2) is 0 Å². The number of methoxy groups -OCH3 is 1. The molecule has 0 radical (unpaired) electrons. The number of esters is 1. The number of ether oxygens (including phenoxy) is 3. The van der Waals surface area contributed by atoms with Crippen molar-refractivity contribution in [1.29, 1.82) is 0 Å². The Hall–Kier alpha value is -1.44. The zero-order valence-corrected chi connectivity index (χ0v) is 15.3. The van der Waals surface area contributed by atoms with Gasteiger partial charge in [0.15, 0.2) is 0 Å². The van der Waals surface area contributed by atoms with Crippen LogP contribution >= 0.6 is 0 Å². The molecule has 0 aliphatic carbocycles. The van der Waals surface area contributed by atoms with Crippen LogP contribution in [0.25, 0.3) is 0 Å². The van der Waals surface area contributed by atoms with Crippen molar-refractivity contribution in [2.75, 3.05) is 66.3 Å². The number of amides is 1. The molecule has 0 aromatic heterocycles. The lowest BCUT2D eigenvalue weighted by atomic mass is 10.3. The highest BCUT2D eigenvalue weighted by Crippen LogP contribution is 1.98. The zero-order valence-electron chi connectivity index (χ0n) is 15.3. The molecular formula is C17H32N2O5. The molecular weight excluding hydrogens is 312 g/mol. The summed E-state index contributed by atoms with van der Waals surface area (Å²) in [5, 5.41) is 0. The molecule has 7 nitrogen and oxygen atoms in total. The van der Waals surface area contributed by atoms with Gasteiger partial charge in [0.1, 0.15) is 6.61 Å². The van der Waals surface area contributed by atoms with E-state index in [1.165, 1.54) is 6.08 Å². The van der Waals surface area contributed by atoms with Crippen LogP contribution in [0.4, 0.5) is 0 Å². The van der Waals surface area contributed by atoms with Gasteiger partial charge in [0.2, 0.25) is 5.91 Å². The number of nitrogens with zero attached hydrogens (tertiary/aromatic N) is 2. The second-order valence-electron chi connectivity index (χ2n) is 5.13. The molecule has 140 valence electrons. The first-order chi connectivity index (χ1) is 11.6. The third kappa shape index (κ3) is 11.2. The summed E-state index contributed by atoms with van der Waals surface area (Å²) in [6.45, 7) is 12.7. The number of carbonyl (C=O) groups excluding carboxylic acids is 2. The van der Waals surface area contributed by atoms with Crippen molar-refractivity contribution in [3.05, 3.63) is 12.7 Å². The first-order valence-electron chi connectivity index (χ1n) is 8.44. The molecule has 0 bridgehead atoms. The van der Waals surface area contributed by atoms with E-state index in [4.69, 9.17) is 14.2 Å². The summed E-state index contributed by atoms with van der Waals surface area (Å²) in [4.78, 5) is 27.4. The predicted molar refractivity (Wildman–Crippen MR) is 92.8 cm³/mol. The summed E-state index contributed by atoms with van der Waals surface area (Å²) in [5.74, 6) is -0.507. The Bertz CT molecular complexity index is 359. The van der Waals surface area contributed by atoms with E-state index in [0.29, 0.717) is 32.9 Å². The Balaban J connectivity index is 4.05. The highest BCUT2D eigenvalue weighted by atomic mass is 16.6. The van der Waals surface area contributed by atoms with Crippen LogP contribution in [0.1, 0.15) is 20.3 Å². The van der Waals surface area contributed by atoms with E-state index in [-0.39, 0.29) is 24.9 Å². The topological polar surface area (TPSA) is 68.3 Å². The molecule has 0 N–H and O–H groups in total. The van der Waals surface area contributed by atoms with E-state index in [1.54, 1.807) is 12.0 Å². The highest BCUT2D eigenvalue weighted by molar-refractivity contribution is 5.87. The van der Waals surface area contributed by atoms with Gasteiger partial charge in [0.25, 0.3) is 0 Å². The van der Waals surface area contributed by atoms with Crippen molar-refractivity contribution in [2.24, 2.45) is 0 Å². The number of carbonyl (C=O) groups is 2. The molecule has 0 aliphatic rings. The minimum atomic E-state index is -0.338. The standard InChI is InChI=1S/C17H32N2O5/c1-5-16(20)19(11-10-18(6-2)7-3)9-8-17(21)24-15-14-23-13-12-22-4/h5H,1,6-15H2,2-4H3. The maximum atomic E-state index is 11.9. The van der Waals surface area contributed by atoms with Crippen LogP contribution in [0.3, 0.4) is 0 Å². The van der Waals surface area contributed by atoms with E-state index in [0.717, 1.165) is 19.6 Å². The fourth-order valence-electron chi connectivity index (χ4n) is 2.02. The van der Waals surface area contributed by atoms with Crippen molar-refractivity contribution in [3.8, 4) is 0 Å². The Morgan fingerprint density at radius 3 is 2.25 bits per heavy atom. The minimum absolute atomic E-state index is 0.163. The monoisotopic (exact) mass is 344 g/mol. The van der Waals surface area contributed by atoms with E-state index >= 15 is 0 Å². The summed E-state index contributed by atoms with van der Waals surface area (Å²) < 4.78 is 15.1. The van der Waals surface area contributed by atoms with Gasteiger partial charge in [0.05, 0.1) is 26.2 Å². The van der Waals surface area contributed by atoms with E-state index in [2.05, 4.69) is 25.3 Å². The third-order valence-electron chi connectivity index (χ3n) is 3.58. The van der Waals surface area contributed by atoms with Gasteiger partial charge in [0, 0.05) is 26.7 Å². The van der Waals surface area contributed by atoms with Gasteiger partial charge in [-0.2, -0.15) is 0 Å². The SMILES string of the molecule is C=CC(=O)N(CCC(=O)OCCOCCOC)CCN(CC)CC. The van der Waals surface area contributed by atoms with E-state index in [9.17, 15) is 9.59 Å². The fraction of sp³-hybridized carbons (Fsp3) is 0.765. The first-order valence-corrected chi connectivity index (χ1v) is 8.44. The number of hydrogen-bond acceptors (Lipinski definition) is 6. The van der Waals surface area contributed by atoms with Crippen LogP contribution in [-0.4, -0.2) is 87.9 Å². The lowest BCUT2D eigenvalue weighted by Crippen LogP contribution is -2.39. The van der Waals surface area contributed by atoms with Gasteiger partial charge < -0.3 is 24.0 Å². The van der Waals surface area contributed by atoms with E-state index < -0.39 is 0 Å². The van der Waals surface area contributed by atoms with Crippen LogP contribution in [0.5, 0.6) is 0 Å². The quantitative estimate of drug-likeness (QED) is 0.250. The molecule has 0 saturated heterocycles. The van der Waals surface area contributed by atoms with Crippen LogP contribution in [0.15, 0.2) is 12.7 Å². The Labute approximate surface area is 145 Å². The molecule has 0 heterocycles. The van der Waals surface area contributed by atoms with Gasteiger partial charge in [-0.3, -0.25) is 9.59 Å². The molecule has 0 rings (SSSR count). The molecule has 7 heteroatoms. The highest BCUT2D eigenvalue weighted by Gasteiger charge is 2.14. The summed E-state index contributed by atoms with van der Waals surface area (Å²) in [7, 11) is 1.60. The second-order valence-corrected chi connectivity index (χ2v) is 5.13. The maximum Gasteiger partial charge on any atom is 0.307 e. The minimum Gasteiger partial charge on any atom is -0.463 e. The summed E-state index contributed by atoms with van der Waals surface area (Å²) in [6.07, 6.45) is 1.44. The lowest BCUT2D eigenvalue weighted by molar-refractivity contribution is -0.146. The summed E-state index contributed by atoms with van der Waals surface area (Å²) in [6, 6.07) is 0. The van der Waals surface area contributed by atoms with Crippen LogP contribution in [0, 0.1) is 0 Å². The Morgan fingerprint density at radius 2 is 1.67 bits per heavy atom. The molecule has 24 heavy (non-hydrogen) atoms. The van der Waals surface area contributed by atoms with Crippen molar-refractivity contribution >= 4 is 11.9 Å². The molecule has 0 unspecified atom stereocenters. The van der Waals surface area contributed by atoms with Gasteiger partial charge in [-0.15, -0.1) is 0 Å². The third-order valence-corrected chi connectivity index (χ3v) is 3.58. The molecule has 0 aromatic rings. The zero-order chi connectivity index (χ0) is 18.2. The number of rotatable bonds is 15. The smallest absolute Gasteiger partial charge is 0.307 e. The molecule has 0 aliphatic heterocycles. The average molecular weight is 344 g/mol. The van der Waals surface area contributed by atoms with Crippen molar-refractivity contribution in [3.63, 3.8) is 0 Å². The normalized spacial score (nSPS) is 10.7. The molecule has 1 amide bonds. The lowest BCUT2D eigenvalue weighted by Gasteiger charge is -2.25. The number of likely N-dealkylation sites (N-methyl/N-ethyl adjacent to an activating group) is 1. The molecule has 0 saturated carbocycles. The van der Waals surface area contributed by atoms with Crippen LogP contribution in [-0.2, 0) is 23.8 Å². The summed E-state index contributed by atoms with van der Waals surface area (Å²) >= 11 is 0. The average Bonchev–Trinajstić information content (AvgIpc) is 2.60. The number of hydrogen-bond donors (Lipinski definition) is 0. The Morgan fingerprint density at radius 1 is 1.00 bits per heavy atom. The van der Waals surface area contributed by atoms with E-state index in [1.807, 2.05) is 0 Å². The largest absolute Gasteiger partial charge is 0.463 e. The van der Waals surface area contributed by atoms with Crippen molar-refractivity contribution in [2.45, 2.75) is 20.3 Å². The molecule has 0 fully saturated rings. The second kappa shape index (κ2) is 15.1. The predicted octanol–water partition coefficient (Wildman–Crippen LogP) is 0.939. The van der Waals surface area contributed by atoms with Crippen molar-refractivity contribution in [1.82, 2.24) is 9.80 Å². The molecule has 0 atom stereocenters. The van der Waals surface area contributed by atoms with Crippen LogP contribution in [0.2, 0.25) is 0 Å². The van der Waals surface area contributed by atoms with Crippen molar-refractivity contribution < 1.29 is 23.8 Å². The maximum absolute atomic E-state index is 11.9.